The van der Waals surface area contributed by atoms with Crippen LogP contribution in [0.4, 0.5) is 4.39 Å². The molecule has 0 bridgehead atoms. The van der Waals surface area contributed by atoms with Gasteiger partial charge in [-0.15, -0.1) is 0 Å². The average Bonchev–Trinajstić information content (AvgIpc) is 2.73. The molecule has 6 nitrogen and oxygen atoms in total. The molecule has 0 aliphatic carbocycles. The van der Waals surface area contributed by atoms with E-state index in [-0.39, 0.29) is 23.9 Å². The zero-order chi connectivity index (χ0) is 21.7. The monoisotopic (exact) mass is 434 g/mol. The first-order valence-electron chi connectivity index (χ1n) is 10.0. The van der Waals surface area contributed by atoms with Crippen LogP contribution in [0, 0.1) is 5.82 Å². The largest absolute Gasteiger partial charge is 0.489 e. The van der Waals surface area contributed by atoms with Crippen molar-refractivity contribution in [2.24, 2.45) is 0 Å². The van der Waals surface area contributed by atoms with Crippen molar-refractivity contribution in [3.8, 4) is 5.75 Å². The second-order valence-corrected chi connectivity index (χ2v) is 9.44. The molecule has 2 aromatic rings. The van der Waals surface area contributed by atoms with E-state index in [1.807, 2.05) is 6.92 Å². The van der Waals surface area contributed by atoms with Gasteiger partial charge in [-0.2, -0.15) is 0 Å². The lowest BCUT2D eigenvalue weighted by molar-refractivity contribution is 0.0921. The van der Waals surface area contributed by atoms with E-state index in [0.29, 0.717) is 43.7 Å². The number of carbonyl (C=O) groups excluding carboxylic acids is 1. The normalized spacial score (nSPS) is 16.8. The fourth-order valence-electron chi connectivity index (χ4n) is 3.57. The molecule has 1 atom stereocenters. The van der Waals surface area contributed by atoms with Crippen LogP contribution in [0.5, 0.6) is 5.75 Å². The van der Waals surface area contributed by atoms with Crippen molar-refractivity contribution in [2.75, 3.05) is 19.3 Å². The Kier molecular flexibility index (Phi) is 7.10. The Hall–Kier alpha value is -2.45. The van der Waals surface area contributed by atoms with Crippen molar-refractivity contribution in [3.63, 3.8) is 0 Å². The number of hydrogen-bond acceptors (Lipinski definition) is 4. The number of halogens is 1. The number of rotatable bonds is 7. The first kappa shape index (κ1) is 22.2. The second kappa shape index (κ2) is 9.57. The molecule has 1 aliphatic heterocycles. The number of piperidine rings is 1. The molecule has 0 unspecified atom stereocenters. The molecule has 1 N–H and O–H groups in total. The SMILES string of the molecule is CC[C@H](NC(=O)c1ccccc1OC1CCN(S(C)(=O)=O)CC1)c1ccc(F)cc1. The van der Waals surface area contributed by atoms with Gasteiger partial charge in [-0.3, -0.25) is 4.79 Å². The third kappa shape index (κ3) is 5.58. The Bertz CT molecular complexity index is 971. The molecule has 0 aromatic heterocycles. The molecular weight excluding hydrogens is 407 g/mol. The molecule has 2 aromatic carbocycles. The van der Waals surface area contributed by atoms with Crippen molar-refractivity contribution >= 4 is 15.9 Å². The van der Waals surface area contributed by atoms with Gasteiger partial charge in [-0.25, -0.2) is 17.1 Å². The van der Waals surface area contributed by atoms with Crippen LogP contribution in [0.25, 0.3) is 0 Å². The zero-order valence-electron chi connectivity index (χ0n) is 17.2. The minimum absolute atomic E-state index is 0.156. The average molecular weight is 435 g/mol. The number of benzene rings is 2. The molecule has 162 valence electrons. The standard InChI is InChI=1S/C22H27FN2O4S/c1-3-20(16-8-10-17(23)11-9-16)24-22(26)19-6-4-5-7-21(19)29-18-12-14-25(15-13-18)30(2,27)28/h4-11,18,20H,3,12-15H2,1-2H3,(H,24,26)/t20-/m0/s1. The van der Waals surface area contributed by atoms with Crippen LogP contribution in [0.2, 0.25) is 0 Å². The number of ether oxygens (including phenoxy) is 1. The maximum atomic E-state index is 13.2. The summed E-state index contributed by atoms with van der Waals surface area (Å²) in [5.41, 5.74) is 1.25. The van der Waals surface area contributed by atoms with E-state index in [4.69, 9.17) is 4.74 Å². The highest BCUT2D eigenvalue weighted by molar-refractivity contribution is 7.88. The number of amides is 1. The molecule has 1 saturated heterocycles. The molecule has 0 spiro atoms. The number of nitrogens with one attached hydrogen (secondary N) is 1. The number of hydrogen-bond donors (Lipinski definition) is 1. The summed E-state index contributed by atoms with van der Waals surface area (Å²) in [5, 5.41) is 2.99. The summed E-state index contributed by atoms with van der Waals surface area (Å²) in [6, 6.07) is 12.9. The fourth-order valence-corrected chi connectivity index (χ4v) is 4.44. The number of sulfonamides is 1. The number of carbonyl (C=O) groups is 1. The van der Waals surface area contributed by atoms with E-state index in [1.165, 1.54) is 22.7 Å². The Morgan fingerprint density at radius 1 is 1.17 bits per heavy atom. The van der Waals surface area contributed by atoms with E-state index in [0.717, 1.165) is 5.56 Å². The van der Waals surface area contributed by atoms with Crippen LogP contribution >= 0.6 is 0 Å². The molecular formula is C22H27FN2O4S. The molecule has 1 heterocycles. The molecule has 30 heavy (non-hydrogen) atoms. The van der Waals surface area contributed by atoms with Gasteiger partial charge in [0.25, 0.3) is 5.91 Å². The highest BCUT2D eigenvalue weighted by Crippen LogP contribution is 2.25. The van der Waals surface area contributed by atoms with Gasteiger partial charge < -0.3 is 10.1 Å². The van der Waals surface area contributed by atoms with Crippen molar-refractivity contribution in [3.05, 3.63) is 65.5 Å². The smallest absolute Gasteiger partial charge is 0.255 e. The van der Waals surface area contributed by atoms with Crippen LogP contribution in [0.1, 0.15) is 48.1 Å². The molecule has 0 saturated carbocycles. The van der Waals surface area contributed by atoms with Gasteiger partial charge in [-0.1, -0.05) is 31.2 Å². The van der Waals surface area contributed by atoms with E-state index >= 15 is 0 Å². The van der Waals surface area contributed by atoms with E-state index < -0.39 is 10.0 Å². The summed E-state index contributed by atoms with van der Waals surface area (Å²) in [6.07, 6.45) is 2.84. The van der Waals surface area contributed by atoms with Crippen LogP contribution in [0.15, 0.2) is 48.5 Å². The molecule has 0 radical (unpaired) electrons. The van der Waals surface area contributed by atoms with Crippen LogP contribution in [0.3, 0.4) is 0 Å². The minimum atomic E-state index is -3.20. The highest BCUT2D eigenvalue weighted by atomic mass is 32.2. The van der Waals surface area contributed by atoms with Gasteiger partial charge in [0.2, 0.25) is 10.0 Å². The Morgan fingerprint density at radius 2 is 1.80 bits per heavy atom. The molecule has 3 rings (SSSR count). The quantitative estimate of drug-likeness (QED) is 0.724. The number of nitrogens with zero attached hydrogens (tertiary/aromatic N) is 1. The van der Waals surface area contributed by atoms with Gasteiger partial charge in [0.05, 0.1) is 17.9 Å². The topological polar surface area (TPSA) is 75.7 Å². The van der Waals surface area contributed by atoms with Gasteiger partial charge in [0.1, 0.15) is 17.7 Å². The minimum Gasteiger partial charge on any atom is -0.489 e. The Balaban J connectivity index is 1.68. The summed E-state index contributed by atoms with van der Waals surface area (Å²) in [6.45, 7) is 2.76. The summed E-state index contributed by atoms with van der Waals surface area (Å²) in [4.78, 5) is 12.9. The van der Waals surface area contributed by atoms with Gasteiger partial charge in [0.15, 0.2) is 0 Å². The Labute approximate surface area is 177 Å². The molecule has 1 fully saturated rings. The van der Waals surface area contributed by atoms with Crippen LogP contribution in [-0.2, 0) is 10.0 Å². The summed E-state index contributed by atoms with van der Waals surface area (Å²) in [7, 11) is -3.20. The van der Waals surface area contributed by atoms with Crippen molar-refractivity contribution in [1.82, 2.24) is 9.62 Å². The molecule has 1 aliphatic rings. The first-order valence-corrected chi connectivity index (χ1v) is 11.9. The predicted octanol–water partition coefficient (Wildman–Crippen LogP) is 3.51. The Morgan fingerprint density at radius 3 is 2.40 bits per heavy atom. The first-order chi connectivity index (χ1) is 14.3. The summed E-state index contributed by atoms with van der Waals surface area (Å²) >= 11 is 0. The van der Waals surface area contributed by atoms with Crippen molar-refractivity contribution in [2.45, 2.75) is 38.3 Å². The van der Waals surface area contributed by atoms with Crippen LogP contribution < -0.4 is 10.1 Å². The van der Waals surface area contributed by atoms with E-state index in [1.54, 1.807) is 36.4 Å². The maximum Gasteiger partial charge on any atom is 0.255 e. The third-order valence-electron chi connectivity index (χ3n) is 5.28. The molecule has 1 amide bonds. The van der Waals surface area contributed by atoms with Crippen LogP contribution in [-0.4, -0.2) is 44.1 Å². The van der Waals surface area contributed by atoms with E-state index in [2.05, 4.69) is 5.32 Å². The van der Waals surface area contributed by atoms with E-state index in [9.17, 15) is 17.6 Å². The third-order valence-corrected chi connectivity index (χ3v) is 6.58. The van der Waals surface area contributed by atoms with Gasteiger partial charge in [0, 0.05) is 13.1 Å². The zero-order valence-corrected chi connectivity index (χ0v) is 18.0. The highest BCUT2D eigenvalue weighted by Gasteiger charge is 2.27. The fraction of sp³-hybridized carbons (Fsp3) is 0.409. The van der Waals surface area contributed by atoms with Crippen molar-refractivity contribution in [1.29, 1.82) is 0 Å². The lowest BCUT2D eigenvalue weighted by atomic mass is 10.0. The van der Waals surface area contributed by atoms with Crippen molar-refractivity contribution < 1.29 is 22.3 Å². The molecule has 8 heteroatoms. The lowest BCUT2D eigenvalue weighted by Gasteiger charge is -2.31. The van der Waals surface area contributed by atoms with Gasteiger partial charge in [-0.05, 0) is 49.1 Å². The number of para-hydroxylation sites is 1. The summed E-state index contributed by atoms with van der Waals surface area (Å²) in [5.74, 6) is -0.113. The maximum absolute atomic E-state index is 13.2. The second-order valence-electron chi connectivity index (χ2n) is 7.46. The summed E-state index contributed by atoms with van der Waals surface area (Å²) < 4.78 is 44.1. The van der Waals surface area contributed by atoms with Gasteiger partial charge >= 0.3 is 0 Å². The lowest BCUT2D eigenvalue weighted by Crippen LogP contribution is -2.41. The predicted molar refractivity (Wildman–Crippen MR) is 113 cm³/mol.